The Morgan fingerprint density at radius 2 is 1.89 bits per heavy atom. The van der Waals surface area contributed by atoms with Gasteiger partial charge < -0.3 is 0 Å². The van der Waals surface area contributed by atoms with Crippen LogP contribution < -0.4 is 0 Å². The quantitative estimate of drug-likeness (QED) is 0.841. The van der Waals surface area contributed by atoms with Gasteiger partial charge in [-0.05, 0) is 30.8 Å². The molecule has 1 aromatic carbocycles. The van der Waals surface area contributed by atoms with E-state index >= 15 is 0 Å². The van der Waals surface area contributed by atoms with Crippen LogP contribution in [0, 0.1) is 0 Å². The van der Waals surface area contributed by atoms with Crippen molar-refractivity contribution in [2.24, 2.45) is 0 Å². The fourth-order valence-electron chi connectivity index (χ4n) is 1.79. The highest BCUT2D eigenvalue weighted by molar-refractivity contribution is 6.42. The van der Waals surface area contributed by atoms with Crippen LogP contribution in [-0.4, -0.2) is 16.9 Å². The highest BCUT2D eigenvalue weighted by Crippen LogP contribution is 2.26. The summed E-state index contributed by atoms with van der Waals surface area (Å²) in [6.07, 6.45) is 1.80. The van der Waals surface area contributed by atoms with Gasteiger partial charge in [0.1, 0.15) is 0 Å². The number of nitrogens with zero attached hydrogens (tertiary/aromatic N) is 2. The molecule has 94 valence electrons. The molecule has 0 fully saturated rings. The molecule has 1 heterocycles. The molecule has 0 aliphatic heterocycles. The molecule has 0 bridgehead atoms. The summed E-state index contributed by atoms with van der Waals surface area (Å²) in [6, 6.07) is 11.6. The molecule has 4 heteroatoms. The average Bonchev–Trinajstić information content (AvgIpc) is 2.36. The summed E-state index contributed by atoms with van der Waals surface area (Å²) in [4.78, 5) is 6.45. The average molecular weight is 281 g/mol. The van der Waals surface area contributed by atoms with Gasteiger partial charge in [-0.1, -0.05) is 41.4 Å². The van der Waals surface area contributed by atoms with Crippen molar-refractivity contribution in [3.8, 4) is 0 Å². The number of aromatic nitrogens is 1. The molecule has 0 aliphatic carbocycles. The summed E-state index contributed by atoms with van der Waals surface area (Å²) in [5.74, 6) is 0. The van der Waals surface area contributed by atoms with E-state index in [1.165, 1.54) is 0 Å². The third-order valence-corrected chi connectivity index (χ3v) is 3.49. The Morgan fingerprint density at radius 1 is 1.06 bits per heavy atom. The largest absolute Gasteiger partial charge is 0.296 e. The van der Waals surface area contributed by atoms with Crippen LogP contribution in [0.25, 0.3) is 0 Å². The first-order valence-electron chi connectivity index (χ1n) is 5.68. The van der Waals surface area contributed by atoms with Gasteiger partial charge in [0.15, 0.2) is 0 Å². The highest BCUT2D eigenvalue weighted by Gasteiger charge is 2.07. The minimum atomic E-state index is 0.598. The van der Waals surface area contributed by atoms with E-state index in [0.29, 0.717) is 10.0 Å². The second-order valence-electron chi connectivity index (χ2n) is 4.21. The number of halogens is 2. The SMILES string of the molecule is CN(Cc1ccccn1)Cc1cccc(Cl)c1Cl. The summed E-state index contributed by atoms with van der Waals surface area (Å²) in [5, 5.41) is 1.23. The van der Waals surface area contributed by atoms with Crippen LogP contribution in [0.2, 0.25) is 10.0 Å². The molecule has 18 heavy (non-hydrogen) atoms. The number of hydrogen-bond acceptors (Lipinski definition) is 2. The molecular weight excluding hydrogens is 267 g/mol. The Labute approximate surface area is 117 Å². The summed E-state index contributed by atoms with van der Waals surface area (Å²) in [5.41, 5.74) is 2.07. The van der Waals surface area contributed by atoms with Crippen molar-refractivity contribution < 1.29 is 0 Å². The second-order valence-corrected chi connectivity index (χ2v) is 4.99. The van der Waals surface area contributed by atoms with Gasteiger partial charge in [-0.25, -0.2) is 0 Å². The Balaban J connectivity index is 2.03. The van der Waals surface area contributed by atoms with E-state index in [1.807, 2.05) is 37.4 Å². The predicted molar refractivity (Wildman–Crippen MR) is 75.9 cm³/mol. The Kier molecular flexibility index (Phi) is 4.59. The van der Waals surface area contributed by atoms with Crippen LogP contribution >= 0.6 is 23.2 Å². The Bertz CT molecular complexity index is 514. The second kappa shape index (κ2) is 6.19. The summed E-state index contributed by atoms with van der Waals surface area (Å²) < 4.78 is 0. The van der Waals surface area contributed by atoms with Gasteiger partial charge in [0, 0.05) is 19.3 Å². The normalized spacial score (nSPS) is 10.9. The van der Waals surface area contributed by atoms with Crippen molar-refractivity contribution in [3.63, 3.8) is 0 Å². The molecule has 0 saturated carbocycles. The van der Waals surface area contributed by atoms with Gasteiger partial charge in [-0.15, -0.1) is 0 Å². The number of rotatable bonds is 4. The first-order chi connectivity index (χ1) is 8.66. The molecule has 2 aromatic rings. The third kappa shape index (κ3) is 3.45. The summed E-state index contributed by atoms with van der Waals surface area (Å²) in [6.45, 7) is 1.53. The van der Waals surface area contributed by atoms with Crippen LogP contribution in [0.3, 0.4) is 0 Å². The molecule has 0 atom stereocenters. The van der Waals surface area contributed by atoms with Crippen molar-refractivity contribution in [3.05, 3.63) is 63.9 Å². The zero-order valence-corrected chi connectivity index (χ0v) is 11.6. The van der Waals surface area contributed by atoms with Crippen LogP contribution in [0.5, 0.6) is 0 Å². The predicted octanol–water partition coefficient (Wildman–Crippen LogP) is 4.02. The summed E-state index contributed by atoms with van der Waals surface area (Å²) >= 11 is 12.2. The van der Waals surface area contributed by atoms with E-state index in [2.05, 4.69) is 9.88 Å². The van der Waals surface area contributed by atoms with Crippen molar-refractivity contribution >= 4 is 23.2 Å². The third-order valence-electron chi connectivity index (χ3n) is 2.63. The van der Waals surface area contributed by atoms with Crippen LogP contribution in [0.4, 0.5) is 0 Å². The van der Waals surface area contributed by atoms with Gasteiger partial charge >= 0.3 is 0 Å². The zero-order valence-electron chi connectivity index (χ0n) is 10.1. The maximum Gasteiger partial charge on any atom is 0.0637 e. The number of hydrogen-bond donors (Lipinski definition) is 0. The first kappa shape index (κ1) is 13.3. The molecule has 0 radical (unpaired) electrons. The zero-order chi connectivity index (χ0) is 13.0. The molecule has 1 aromatic heterocycles. The lowest BCUT2D eigenvalue weighted by molar-refractivity contribution is 0.315. The molecule has 0 N–H and O–H groups in total. The fourth-order valence-corrected chi connectivity index (χ4v) is 2.17. The fraction of sp³-hybridized carbons (Fsp3) is 0.214. The van der Waals surface area contributed by atoms with Gasteiger partial charge in [0.05, 0.1) is 15.7 Å². The van der Waals surface area contributed by atoms with Gasteiger partial charge in [-0.3, -0.25) is 9.88 Å². The van der Waals surface area contributed by atoms with Crippen LogP contribution in [0.1, 0.15) is 11.3 Å². The topological polar surface area (TPSA) is 16.1 Å². The Hall–Kier alpha value is -1.09. The number of benzene rings is 1. The lowest BCUT2D eigenvalue weighted by Crippen LogP contribution is -2.18. The van der Waals surface area contributed by atoms with E-state index in [0.717, 1.165) is 24.3 Å². The van der Waals surface area contributed by atoms with E-state index in [-0.39, 0.29) is 0 Å². The maximum absolute atomic E-state index is 6.17. The first-order valence-corrected chi connectivity index (χ1v) is 6.44. The molecule has 0 unspecified atom stereocenters. The molecule has 2 nitrogen and oxygen atoms in total. The van der Waals surface area contributed by atoms with Crippen molar-refractivity contribution in [2.75, 3.05) is 7.05 Å². The van der Waals surface area contributed by atoms with E-state index in [9.17, 15) is 0 Å². The number of pyridine rings is 1. The molecule has 2 rings (SSSR count). The summed E-state index contributed by atoms with van der Waals surface area (Å²) in [7, 11) is 2.03. The maximum atomic E-state index is 6.17. The van der Waals surface area contributed by atoms with Gasteiger partial charge in [-0.2, -0.15) is 0 Å². The minimum absolute atomic E-state index is 0.598. The standard InChI is InChI=1S/C14H14Cl2N2/c1-18(10-12-6-2-3-8-17-12)9-11-5-4-7-13(15)14(11)16/h2-8H,9-10H2,1H3. The smallest absolute Gasteiger partial charge is 0.0637 e. The molecule has 0 saturated heterocycles. The monoisotopic (exact) mass is 280 g/mol. The Morgan fingerprint density at radius 3 is 2.61 bits per heavy atom. The molecular formula is C14H14Cl2N2. The molecule has 0 spiro atoms. The van der Waals surface area contributed by atoms with Gasteiger partial charge in [0.25, 0.3) is 0 Å². The lowest BCUT2D eigenvalue weighted by Gasteiger charge is -2.17. The van der Waals surface area contributed by atoms with Crippen molar-refractivity contribution in [1.82, 2.24) is 9.88 Å². The van der Waals surface area contributed by atoms with Crippen LogP contribution in [-0.2, 0) is 13.1 Å². The highest BCUT2D eigenvalue weighted by atomic mass is 35.5. The van der Waals surface area contributed by atoms with Crippen LogP contribution in [0.15, 0.2) is 42.6 Å². The van der Waals surface area contributed by atoms with Crippen molar-refractivity contribution in [1.29, 1.82) is 0 Å². The molecule has 0 aliphatic rings. The van der Waals surface area contributed by atoms with Gasteiger partial charge in [0.2, 0.25) is 0 Å². The van der Waals surface area contributed by atoms with E-state index in [4.69, 9.17) is 23.2 Å². The molecule has 0 amide bonds. The van der Waals surface area contributed by atoms with E-state index in [1.54, 1.807) is 12.3 Å². The minimum Gasteiger partial charge on any atom is -0.296 e. The lowest BCUT2D eigenvalue weighted by atomic mass is 10.2. The van der Waals surface area contributed by atoms with Crippen molar-refractivity contribution in [2.45, 2.75) is 13.1 Å². The van der Waals surface area contributed by atoms with E-state index < -0.39 is 0 Å².